The first kappa shape index (κ1) is 15.0. The molecule has 1 atom stereocenters. The molecule has 0 aliphatic heterocycles. The monoisotopic (exact) mass is 271 g/mol. The lowest BCUT2D eigenvalue weighted by atomic mass is 9.87. The van der Waals surface area contributed by atoms with Gasteiger partial charge in [0.15, 0.2) is 0 Å². The number of nitrogens with zero attached hydrogens (tertiary/aromatic N) is 2. The summed E-state index contributed by atoms with van der Waals surface area (Å²) >= 11 is 0. The fourth-order valence-corrected chi connectivity index (χ4v) is 2.60. The van der Waals surface area contributed by atoms with Gasteiger partial charge in [0, 0.05) is 12.6 Å². The highest BCUT2D eigenvalue weighted by Crippen LogP contribution is 2.31. The summed E-state index contributed by atoms with van der Waals surface area (Å²) in [6.45, 7) is 4.21. The Kier molecular flexibility index (Phi) is 5.17. The fourth-order valence-electron chi connectivity index (χ4n) is 2.60. The normalized spacial score (nSPS) is 17.7. The molecule has 1 aromatic rings. The van der Waals surface area contributed by atoms with Crippen LogP contribution in [0.1, 0.15) is 38.2 Å². The molecule has 1 N–H and O–H groups in total. The Morgan fingerprint density at radius 1 is 1.30 bits per heavy atom. The van der Waals surface area contributed by atoms with Gasteiger partial charge in [0.25, 0.3) is 0 Å². The molecule has 1 aromatic carbocycles. The molecular weight excluding hydrogens is 246 g/mol. The topological polar surface area (TPSA) is 39.1 Å². The summed E-state index contributed by atoms with van der Waals surface area (Å²) in [5.74, 6) is 0. The zero-order valence-electron chi connectivity index (χ0n) is 12.6. The summed E-state index contributed by atoms with van der Waals surface area (Å²) in [4.78, 5) is 2.31. The van der Waals surface area contributed by atoms with Crippen LogP contribution in [-0.4, -0.2) is 31.1 Å². The second kappa shape index (κ2) is 6.88. The molecule has 20 heavy (non-hydrogen) atoms. The van der Waals surface area contributed by atoms with Gasteiger partial charge in [-0.2, -0.15) is 5.26 Å². The zero-order valence-corrected chi connectivity index (χ0v) is 12.6. The molecule has 0 radical (unpaired) electrons. The van der Waals surface area contributed by atoms with Gasteiger partial charge in [-0.15, -0.1) is 0 Å². The highest BCUT2D eigenvalue weighted by Gasteiger charge is 2.37. The summed E-state index contributed by atoms with van der Waals surface area (Å²) < 4.78 is 0. The minimum absolute atomic E-state index is 0.520. The van der Waals surface area contributed by atoms with Gasteiger partial charge in [0.05, 0.1) is 6.07 Å². The number of hydrogen-bond acceptors (Lipinski definition) is 3. The van der Waals surface area contributed by atoms with E-state index < -0.39 is 5.54 Å². The molecule has 1 saturated carbocycles. The molecule has 1 unspecified atom stereocenters. The van der Waals surface area contributed by atoms with Crippen molar-refractivity contribution in [3.8, 4) is 6.07 Å². The van der Waals surface area contributed by atoms with Crippen LogP contribution < -0.4 is 5.32 Å². The molecule has 1 aliphatic carbocycles. The van der Waals surface area contributed by atoms with Gasteiger partial charge in [-0.25, -0.2) is 0 Å². The minimum atomic E-state index is -0.537. The Morgan fingerprint density at radius 3 is 2.55 bits per heavy atom. The van der Waals surface area contributed by atoms with Crippen LogP contribution in [0.4, 0.5) is 0 Å². The van der Waals surface area contributed by atoms with Crippen molar-refractivity contribution in [1.29, 1.82) is 5.26 Å². The van der Waals surface area contributed by atoms with Crippen LogP contribution in [0.3, 0.4) is 0 Å². The Labute approximate surface area is 122 Å². The first-order valence-electron chi connectivity index (χ1n) is 7.63. The van der Waals surface area contributed by atoms with Gasteiger partial charge in [-0.3, -0.25) is 5.32 Å². The summed E-state index contributed by atoms with van der Waals surface area (Å²) in [5, 5.41) is 13.4. The predicted octanol–water partition coefficient (Wildman–Crippen LogP) is 2.89. The number of rotatable bonds is 8. The second-order valence-corrected chi connectivity index (χ2v) is 5.86. The lowest BCUT2D eigenvalue weighted by Gasteiger charge is -2.30. The third-order valence-electron chi connectivity index (χ3n) is 3.96. The van der Waals surface area contributed by atoms with Crippen molar-refractivity contribution in [3.05, 3.63) is 35.9 Å². The number of nitrogens with one attached hydrogen (secondary N) is 1. The van der Waals surface area contributed by atoms with E-state index in [4.69, 9.17) is 0 Å². The summed E-state index contributed by atoms with van der Waals surface area (Å²) in [7, 11) is 2.13. The fraction of sp³-hybridized carbons (Fsp3) is 0.588. The van der Waals surface area contributed by atoms with Crippen LogP contribution in [0.25, 0.3) is 0 Å². The van der Waals surface area contributed by atoms with Gasteiger partial charge in [0.1, 0.15) is 5.54 Å². The van der Waals surface area contributed by atoms with E-state index in [1.54, 1.807) is 0 Å². The molecule has 2 rings (SSSR count). The molecule has 0 heterocycles. The number of nitriles is 1. The van der Waals surface area contributed by atoms with E-state index in [1.807, 2.05) is 18.2 Å². The molecule has 3 nitrogen and oxygen atoms in total. The Balaban J connectivity index is 2.12. The van der Waals surface area contributed by atoms with Gasteiger partial charge in [0.2, 0.25) is 0 Å². The molecule has 0 amide bonds. The van der Waals surface area contributed by atoms with Crippen molar-refractivity contribution in [3.63, 3.8) is 0 Å². The predicted molar refractivity (Wildman–Crippen MR) is 82.3 cm³/mol. The summed E-state index contributed by atoms with van der Waals surface area (Å²) in [5.41, 5.74) is 0.559. The maximum atomic E-state index is 9.82. The SMILES string of the molecule is CCCN(C)CCC(C#N)(NC1CC1)c1ccccc1. The molecular formula is C17H25N3. The molecule has 0 aromatic heterocycles. The molecule has 0 bridgehead atoms. The Morgan fingerprint density at radius 2 is 2.00 bits per heavy atom. The third-order valence-corrected chi connectivity index (χ3v) is 3.96. The van der Waals surface area contributed by atoms with E-state index in [0.29, 0.717) is 6.04 Å². The summed E-state index contributed by atoms with van der Waals surface area (Å²) in [6.07, 6.45) is 4.38. The van der Waals surface area contributed by atoms with Gasteiger partial charge >= 0.3 is 0 Å². The van der Waals surface area contributed by atoms with Crippen LogP contribution in [-0.2, 0) is 5.54 Å². The van der Waals surface area contributed by atoms with Crippen molar-refractivity contribution < 1.29 is 0 Å². The molecule has 0 saturated heterocycles. The van der Waals surface area contributed by atoms with E-state index in [1.165, 1.54) is 12.8 Å². The largest absolute Gasteiger partial charge is 0.306 e. The molecule has 108 valence electrons. The van der Waals surface area contributed by atoms with Crippen LogP contribution in [0.2, 0.25) is 0 Å². The molecule has 3 heteroatoms. The van der Waals surface area contributed by atoms with Crippen LogP contribution in [0, 0.1) is 11.3 Å². The van der Waals surface area contributed by atoms with Crippen molar-refractivity contribution >= 4 is 0 Å². The van der Waals surface area contributed by atoms with E-state index in [9.17, 15) is 5.26 Å². The van der Waals surface area contributed by atoms with E-state index in [0.717, 1.165) is 31.5 Å². The maximum absolute atomic E-state index is 9.82. The highest BCUT2D eigenvalue weighted by atomic mass is 15.1. The van der Waals surface area contributed by atoms with Crippen molar-refractivity contribution in [2.24, 2.45) is 0 Å². The average molecular weight is 271 g/mol. The molecule has 1 aliphatic rings. The second-order valence-electron chi connectivity index (χ2n) is 5.86. The third kappa shape index (κ3) is 3.82. The van der Waals surface area contributed by atoms with Gasteiger partial charge in [-0.05, 0) is 44.8 Å². The highest BCUT2D eigenvalue weighted by molar-refractivity contribution is 5.32. The Bertz CT molecular complexity index is 447. The maximum Gasteiger partial charge on any atom is 0.133 e. The first-order valence-corrected chi connectivity index (χ1v) is 7.63. The van der Waals surface area contributed by atoms with Crippen molar-refractivity contribution in [1.82, 2.24) is 10.2 Å². The van der Waals surface area contributed by atoms with Crippen LogP contribution in [0.5, 0.6) is 0 Å². The smallest absolute Gasteiger partial charge is 0.133 e. The summed E-state index contributed by atoms with van der Waals surface area (Å²) in [6, 6.07) is 13.3. The zero-order chi connectivity index (χ0) is 14.4. The average Bonchev–Trinajstić information content (AvgIpc) is 3.29. The van der Waals surface area contributed by atoms with E-state index in [2.05, 4.69) is 42.4 Å². The quantitative estimate of drug-likeness (QED) is 0.790. The molecule has 0 spiro atoms. The van der Waals surface area contributed by atoms with Crippen molar-refractivity contribution in [2.75, 3.05) is 20.1 Å². The van der Waals surface area contributed by atoms with Crippen molar-refractivity contribution in [2.45, 2.75) is 44.2 Å². The lowest BCUT2D eigenvalue weighted by Crippen LogP contribution is -2.44. The Hall–Kier alpha value is -1.37. The number of benzene rings is 1. The van der Waals surface area contributed by atoms with Crippen LogP contribution in [0.15, 0.2) is 30.3 Å². The molecule has 1 fully saturated rings. The standard InChI is InChI=1S/C17H25N3/c1-3-12-20(2)13-11-17(14-18,19-16-9-10-16)15-7-5-4-6-8-15/h4-8,16,19H,3,9-13H2,1-2H3. The first-order chi connectivity index (χ1) is 9.70. The number of hydrogen-bond donors (Lipinski definition) is 1. The minimum Gasteiger partial charge on any atom is -0.306 e. The lowest BCUT2D eigenvalue weighted by molar-refractivity contribution is 0.279. The van der Waals surface area contributed by atoms with Crippen LogP contribution >= 0.6 is 0 Å². The van der Waals surface area contributed by atoms with E-state index >= 15 is 0 Å². The van der Waals surface area contributed by atoms with E-state index in [-0.39, 0.29) is 0 Å². The van der Waals surface area contributed by atoms with Gasteiger partial charge < -0.3 is 4.90 Å². The van der Waals surface area contributed by atoms with Gasteiger partial charge in [-0.1, -0.05) is 37.3 Å².